The summed E-state index contributed by atoms with van der Waals surface area (Å²) >= 11 is 0. The number of nitrogens with zero attached hydrogens (tertiary/aromatic N) is 2. The molecule has 0 spiro atoms. The van der Waals surface area contributed by atoms with Gasteiger partial charge in [-0.25, -0.2) is 4.68 Å². The van der Waals surface area contributed by atoms with E-state index in [0.29, 0.717) is 18.2 Å². The fraction of sp³-hybridized carbons (Fsp3) is 0.600. The first-order valence-corrected chi connectivity index (χ1v) is 5.34. The summed E-state index contributed by atoms with van der Waals surface area (Å²) in [5, 5.41) is 15.8. The van der Waals surface area contributed by atoms with Crippen LogP contribution in [0.5, 0.6) is 5.88 Å². The molecule has 1 aromatic rings. The van der Waals surface area contributed by atoms with Crippen LogP contribution in [0.1, 0.15) is 23.8 Å². The van der Waals surface area contributed by atoms with Crippen molar-refractivity contribution in [1.29, 1.82) is 0 Å². The average Bonchev–Trinajstić information content (AvgIpc) is 2.69. The van der Waals surface area contributed by atoms with Gasteiger partial charge in [-0.1, -0.05) is 0 Å². The van der Waals surface area contributed by atoms with Crippen LogP contribution < -0.4 is 10.1 Å². The molecule has 1 amide bonds. The number of ether oxygens (including phenoxy) is 1. The molecule has 1 unspecified atom stereocenters. The second-order valence-electron chi connectivity index (χ2n) is 3.85. The SMILES string of the molecule is CC(O)CNC(=O)c1cc2n(n1)CCCO2. The van der Waals surface area contributed by atoms with Gasteiger partial charge in [0.2, 0.25) is 5.88 Å². The predicted octanol–water partition coefficient (Wildman–Crippen LogP) is -0.224. The van der Waals surface area contributed by atoms with Crippen molar-refractivity contribution < 1.29 is 14.6 Å². The highest BCUT2D eigenvalue weighted by molar-refractivity contribution is 5.92. The molecule has 0 aromatic carbocycles. The summed E-state index contributed by atoms with van der Waals surface area (Å²) in [5.41, 5.74) is 0.331. The molecular formula is C10H15N3O3. The minimum absolute atomic E-state index is 0.224. The number of aryl methyl sites for hydroxylation is 1. The molecule has 6 heteroatoms. The topological polar surface area (TPSA) is 76.4 Å². The molecule has 0 saturated carbocycles. The summed E-state index contributed by atoms with van der Waals surface area (Å²) in [7, 11) is 0. The van der Waals surface area contributed by atoms with Crippen LogP contribution >= 0.6 is 0 Å². The normalized spacial score (nSPS) is 16.1. The summed E-state index contributed by atoms with van der Waals surface area (Å²) < 4.78 is 7.03. The van der Waals surface area contributed by atoms with Crippen LogP contribution in [0.25, 0.3) is 0 Å². The van der Waals surface area contributed by atoms with Crippen LogP contribution in [0.4, 0.5) is 0 Å². The number of aliphatic hydroxyl groups excluding tert-OH is 1. The Labute approximate surface area is 93.2 Å². The predicted molar refractivity (Wildman–Crippen MR) is 56.4 cm³/mol. The first-order valence-electron chi connectivity index (χ1n) is 5.34. The lowest BCUT2D eigenvalue weighted by molar-refractivity contribution is 0.0918. The summed E-state index contributed by atoms with van der Waals surface area (Å²) in [6.07, 6.45) is 0.348. The Hall–Kier alpha value is -1.56. The Bertz CT molecular complexity index is 363. The molecule has 2 heterocycles. The maximum atomic E-state index is 11.6. The van der Waals surface area contributed by atoms with Crippen LogP contribution in [0.3, 0.4) is 0 Å². The van der Waals surface area contributed by atoms with Gasteiger partial charge in [0, 0.05) is 25.6 Å². The van der Waals surface area contributed by atoms with Gasteiger partial charge in [0.25, 0.3) is 5.91 Å². The first-order chi connectivity index (χ1) is 7.66. The number of carbonyl (C=O) groups is 1. The van der Waals surface area contributed by atoms with E-state index in [-0.39, 0.29) is 12.5 Å². The molecule has 1 atom stereocenters. The molecule has 1 aromatic heterocycles. The third-order valence-corrected chi connectivity index (χ3v) is 2.30. The number of amides is 1. The maximum absolute atomic E-state index is 11.6. The Balaban J connectivity index is 2.03. The van der Waals surface area contributed by atoms with E-state index >= 15 is 0 Å². The van der Waals surface area contributed by atoms with Crippen molar-refractivity contribution in [2.45, 2.75) is 26.0 Å². The largest absolute Gasteiger partial charge is 0.478 e. The fourth-order valence-electron chi connectivity index (χ4n) is 1.51. The summed E-state index contributed by atoms with van der Waals surface area (Å²) in [6.45, 7) is 3.28. The number of nitrogens with one attached hydrogen (secondary N) is 1. The van der Waals surface area contributed by atoms with Crippen molar-refractivity contribution >= 4 is 5.91 Å². The van der Waals surface area contributed by atoms with Gasteiger partial charge in [0.05, 0.1) is 12.7 Å². The van der Waals surface area contributed by atoms with E-state index in [9.17, 15) is 4.79 Å². The average molecular weight is 225 g/mol. The van der Waals surface area contributed by atoms with Crippen LogP contribution in [-0.2, 0) is 6.54 Å². The summed E-state index contributed by atoms with van der Waals surface area (Å²) in [5.74, 6) is 0.347. The van der Waals surface area contributed by atoms with Crippen LogP contribution in [-0.4, -0.2) is 40.0 Å². The third-order valence-electron chi connectivity index (χ3n) is 2.30. The lowest BCUT2D eigenvalue weighted by Crippen LogP contribution is -2.30. The number of hydrogen-bond donors (Lipinski definition) is 2. The smallest absolute Gasteiger partial charge is 0.272 e. The molecule has 0 bridgehead atoms. The summed E-state index contributed by atoms with van der Waals surface area (Å²) in [6, 6.07) is 1.62. The molecule has 0 fully saturated rings. The van der Waals surface area contributed by atoms with E-state index in [0.717, 1.165) is 13.0 Å². The van der Waals surface area contributed by atoms with Crippen molar-refractivity contribution in [3.05, 3.63) is 11.8 Å². The molecule has 6 nitrogen and oxygen atoms in total. The highest BCUT2D eigenvalue weighted by atomic mass is 16.5. The Kier molecular flexibility index (Phi) is 3.09. The van der Waals surface area contributed by atoms with Gasteiger partial charge in [0.1, 0.15) is 0 Å². The molecule has 0 radical (unpaired) electrons. The van der Waals surface area contributed by atoms with Gasteiger partial charge in [-0.15, -0.1) is 0 Å². The molecule has 2 N–H and O–H groups in total. The van der Waals surface area contributed by atoms with Crippen LogP contribution in [0.15, 0.2) is 6.07 Å². The second kappa shape index (κ2) is 4.52. The highest BCUT2D eigenvalue weighted by Crippen LogP contribution is 2.17. The van der Waals surface area contributed by atoms with E-state index in [2.05, 4.69) is 10.4 Å². The number of aliphatic hydroxyl groups is 1. The van der Waals surface area contributed by atoms with Gasteiger partial charge in [-0.2, -0.15) is 5.10 Å². The first kappa shape index (κ1) is 10.9. The van der Waals surface area contributed by atoms with Gasteiger partial charge in [-0.3, -0.25) is 4.79 Å². The minimum Gasteiger partial charge on any atom is -0.478 e. The number of carbonyl (C=O) groups excluding carboxylic acids is 1. The Morgan fingerprint density at radius 3 is 3.31 bits per heavy atom. The monoisotopic (exact) mass is 225 g/mol. The van der Waals surface area contributed by atoms with Crippen molar-refractivity contribution in [1.82, 2.24) is 15.1 Å². The standard InChI is InChI=1S/C10H15N3O3/c1-7(14)6-11-10(15)8-5-9-13(12-8)3-2-4-16-9/h5,7,14H,2-4,6H2,1H3,(H,11,15). The minimum atomic E-state index is -0.558. The number of rotatable bonds is 3. The zero-order chi connectivity index (χ0) is 11.5. The van der Waals surface area contributed by atoms with Crippen LogP contribution in [0, 0.1) is 0 Å². The van der Waals surface area contributed by atoms with Gasteiger partial charge in [-0.05, 0) is 6.92 Å². The van der Waals surface area contributed by atoms with Gasteiger partial charge in [0.15, 0.2) is 5.69 Å². The lowest BCUT2D eigenvalue weighted by Gasteiger charge is -2.13. The molecule has 0 saturated heterocycles. The fourth-order valence-corrected chi connectivity index (χ4v) is 1.51. The zero-order valence-corrected chi connectivity index (χ0v) is 9.14. The molecule has 1 aliphatic rings. The third kappa shape index (κ3) is 2.33. The molecule has 88 valence electrons. The maximum Gasteiger partial charge on any atom is 0.272 e. The van der Waals surface area contributed by atoms with Crippen molar-refractivity contribution in [3.63, 3.8) is 0 Å². The Morgan fingerprint density at radius 2 is 2.62 bits per heavy atom. The van der Waals surface area contributed by atoms with E-state index in [4.69, 9.17) is 9.84 Å². The highest BCUT2D eigenvalue weighted by Gasteiger charge is 2.17. The van der Waals surface area contributed by atoms with E-state index in [1.807, 2.05) is 0 Å². The summed E-state index contributed by atoms with van der Waals surface area (Å²) in [4.78, 5) is 11.6. The van der Waals surface area contributed by atoms with E-state index < -0.39 is 6.10 Å². The quantitative estimate of drug-likeness (QED) is 0.745. The van der Waals surface area contributed by atoms with Crippen molar-refractivity contribution in [2.75, 3.05) is 13.2 Å². The number of fused-ring (bicyclic) bond motifs is 1. The van der Waals surface area contributed by atoms with E-state index in [1.54, 1.807) is 17.7 Å². The van der Waals surface area contributed by atoms with Crippen LogP contribution in [0.2, 0.25) is 0 Å². The number of hydrogen-bond acceptors (Lipinski definition) is 4. The molecule has 16 heavy (non-hydrogen) atoms. The molecular weight excluding hydrogens is 210 g/mol. The molecule has 2 rings (SSSR count). The van der Waals surface area contributed by atoms with Crippen molar-refractivity contribution in [2.24, 2.45) is 0 Å². The Morgan fingerprint density at radius 1 is 1.81 bits per heavy atom. The van der Waals surface area contributed by atoms with Gasteiger partial charge < -0.3 is 15.2 Å². The van der Waals surface area contributed by atoms with Gasteiger partial charge >= 0.3 is 0 Å². The second-order valence-corrected chi connectivity index (χ2v) is 3.85. The van der Waals surface area contributed by atoms with Crippen molar-refractivity contribution in [3.8, 4) is 5.88 Å². The molecule has 1 aliphatic heterocycles. The number of aromatic nitrogens is 2. The zero-order valence-electron chi connectivity index (χ0n) is 9.14. The lowest BCUT2D eigenvalue weighted by atomic mass is 10.3. The van der Waals surface area contributed by atoms with E-state index in [1.165, 1.54) is 0 Å². The molecule has 0 aliphatic carbocycles.